The first kappa shape index (κ1) is 14.2. The summed E-state index contributed by atoms with van der Waals surface area (Å²) in [6, 6.07) is 7.94. The van der Waals surface area contributed by atoms with E-state index in [0.29, 0.717) is 18.7 Å². The molecule has 0 aliphatic carbocycles. The second-order valence-electron chi connectivity index (χ2n) is 4.45. The average molecular weight is 272 g/mol. The molecule has 2 aromatic rings. The second kappa shape index (κ2) is 6.28. The van der Waals surface area contributed by atoms with Crippen LogP contribution in [0.15, 0.2) is 42.7 Å². The van der Waals surface area contributed by atoms with Crippen molar-refractivity contribution in [2.24, 2.45) is 0 Å². The largest absolute Gasteiger partial charge is 0.339 e. The van der Waals surface area contributed by atoms with Gasteiger partial charge in [0.25, 0.3) is 5.91 Å². The first-order chi connectivity index (χ1) is 9.65. The number of aromatic nitrogens is 1. The van der Waals surface area contributed by atoms with Crippen molar-refractivity contribution in [3.05, 3.63) is 54.1 Å². The normalized spacial score (nSPS) is 10.3. The number of pyridine rings is 1. The first-order valence-corrected chi connectivity index (χ1v) is 6.66. The number of halogens is 1. The highest BCUT2D eigenvalue weighted by Gasteiger charge is 2.13. The number of benzene rings is 1. The minimum atomic E-state index is -0.280. The quantitative estimate of drug-likeness (QED) is 0.855. The Hall–Kier alpha value is -2.23. The van der Waals surface area contributed by atoms with Crippen LogP contribution in [0.1, 0.15) is 24.2 Å². The minimum Gasteiger partial charge on any atom is -0.339 e. The van der Waals surface area contributed by atoms with Crippen molar-refractivity contribution in [1.29, 1.82) is 0 Å². The van der Waals surface area contributed by atoms with Gasteiger partial charge in [-0.15, -0.1) is 0 Å². The van der Waals surface area contributed by atoms with Crippen LogP contribution in [-0.2, 0) is 0 Å². The second-order valence-corrected chi connectivity index (χ2v) is 4.45. The highest BCUT2D eigenvalue weighted by Crippen LogP contribution is 2.20. The fraction of sp³-hybridized carbons (Fsp3) is 0.250. The van der Waals surface area contributed by atoms with Gasteiger partial charge in [-0.05, 0) is 37.6 Å². The summed E-state index contributed by atoms with van der Waals surface area (Å²) in [6.45, 7) is 5.21. The molecule has 0 saturated carbocycles. The maximum absolute atomic E-state index is 12.9. The van der Waals surface area contributed by atoms with E-state index in [0.717, 1.165) is 11.1 Å². The molecule has 1 heterocycles. The van der Waals surface area contributed by atoms with E-state index in [1.807, 2.05) is 13.8 Å². The smallest absolute Gasteiger partial charge is 0.255 e. The summed E-state index contributed by atoms with van der Waals surface area (Å²) in [5.41, 5.74) is 2.20. The van der Waals surface area contributed by atoms with Crippen LogP contribution in [0, 0.1) is 5.82 Å². The Balaban J connectivity index is 2.32. The lowest BCUT2D eigenvalue weighted by atomic mass is 10.1. The molecule has 0 bridgehead atoms. The van der Waals surface area contributed by atoms with Crippen LogP contribution < -0.4 is 0 Å². The molecule has 1 aromatic carbocycles. The highest BCUT2D eigenvalue weighted by atomic mass is 19.1. The lowest BCUT2D eigenvalue weighted by molar-refractivity contribution is 0.0772. The summed E-state index contributed by atoms with van der Waals surface area (Å²) in [5, 5.41) is 0. The summed E-state index contributed by atoms with van der Waals surface area (Å²) in [5.74, 6) is -0.316. The topological polar surface area (TPSA) is 33.2 Å². The van der Waals surface area contributed by atoms with Gasteiger partial charge < -0.3 is 4.90 Å². The third-order valence-electron chi connectivity index (χ3n) is 3.21. The third kappa shape index (κ3) is 3.02. The van der Waals surface area contributed by atoms with E-state index in [-0.39, 0.29) is 11.7 Å². The first-order valence-electron chi connectivity index (χ1n) is 6.66. The zero-order valence-electron chi connectivity index (χ0n) is 11.6. The molecule has 1 aromatic heterocycles. The Kier molecular flexibility index (Phi) is 4.45. The monoisotopic (exact) mass is 272 g/mol. The fourth-order valence-corrected chi connectivity index (χ4v) is 2.05. The molecular weight excluding hydrogens is 255 g/mol. The van der Waals surface area contributed by atoms with E-state index in [1.54, 1.807) is 35.5 Å². The number of nitrogens with zero attached hydrogens (tertiary/aromatic N) is 2. The molecule has 20 heavy (non-hydrogen) atoms. The van der Waals surface area contributed by atoms with Gasteiger partial charge in [0.05, 0.1) is 5.56 Å². The van der Waals surface area contributed by atoms with E-state index in [1.165, 1.54) is 12.1 Å². The highest BCUT2D eigenvalue weighted by molar-refractivity contribution is 5.95. The number of rotatable bonds is 4. The SMILES string of the molecule is CCN(CC)C(=O)c1cncc(-c2ccc(F)cc2)c1. The van der Waals surface area contributed by atoms with Crippen LogP contribution in [0.5, 0.6) is 0 Å². The molecule has 0 aliphatic heterocycles. The Morgan fingerprint density at radius 3 is 2.35 bits per heavy atom. The van der Waals surface area contributed by atoms with Crippen molar-refractivity contribution in [3.8, 4) is 11.1 Å². The van der Waals surface area contributed by atoms with E-state index >= 15 is 0 Å². The van der Waals surface area contributed by atoms with Crippen molar-refractivity contribution >= 4 is 5.91 Å². The molecule has 104 valence electrons. The summed E-state index contributed by atoms with van der Waals surface area (Å²) in [6.07, 6.45) is 3.24. The molecule has 0 N–H and O–H groups in total. The van der Waals surface area contributed by atoms with Crippen LogP contribution in [0.3, 0.4) is 0 Å². The molecule has 0 aliphatic rings. The van der Waals surface area contributed by atoms with Gasteiger partial charge in [0.15, 0.2) is 0 Å². The van der Waals surface area contributed by atoms with E-state index in [9.17, 15) is 9.18 Å². The maximum Gasteiger partial charge on any atom is 0.255 e. The maximum atomic E-state index is 12.9. The van der Waals surface area contributed by atoms with Crippen LogP contribution in [-0.4, -0.2) is 28.9 Å². The summed E-state index contributed by atoms with van der Waals surface area (Å²) < 4.78 is 12.9. The number of amides is 1. The van der Waals surface area contributed by atoms with Gasteiger partial charge in [-0.2, -0.15) is 0 Å². The zero-order chi connectivity index (χ0) is 14.5. The summed E-state index contributed by atoms with van der Waals surface area (Å²) in [7, 11) is 0. The predicted molar refractivity (Wildman–Crippen MR) is 76.9 cm³/mol. The molecule has 0 unspecified atom stereocenters. The van der Waals surface area contributed by atoms with Crippen LogP contribution >= 0.6 is 0 Å². The van der Waals surface area contributed by atoms with E-state index in [2.05, 4.69) is 4.98 Å². The van der Waals surface area contributed by atoms with Gasteiger partial charge in [0.2, 0.25) is 0 Å². The van der Waals surface area contributed by atoms with Crippen LogP contribution in [0.4, 0.5) is 4.39 Å². The standard InChI is InChI=1S/C16H17FN2O/c1-3-19(4-2)16(20)14-9-13(10-18-11-14)12-5-7-15(17)8-6-12/h5-11H,3-4H2,1-2H3. The van der Waals surface area contributed by atoms with Gasteiger partial charge in [-0.3, -0.25) is 9.78 Å². The molecule has 1 amide bonds. The predicted octanol–water partition coefficient (Wildman–Crippen LogP) is 3.37. The summed E-state index contributed by atoms with van der Waals surface area (Å²) >= 11 is 0. The van der Waals surface area contributed by atoms with Gasteiger partial charge in [-0.1, -0.05) is 12.1 Å². The van der Waals surface area contributed by atoms with E-state index in [4.69, 9.17) is 0 Å². The van der Waals surface area contributed by atoms with Crippen molar-refractivity contribution in [2.45, 2.75) is 13.8 Å². The van der Waals surface area contributed by atoms with Gasteiger partial charge in [-0.25, -0.2) is 4.39 Å². The number of hydrogen-bond acceptors (Lipinski definition) is 2. The number of carbonyl (C=O) groups is 1. The molecule has 0 saturated heterocycles. The number of carbonyl (C=O) groups excluding carboxylic acids is 1. The Morgan fingerprint density at radius 1 is 1.10 bits per heavy atom. The lowest BCUT2D eigenvalue weighted by Crippen LogP contribution is -2.30. The zero-order valence-corrected chi connectivity index (χ0v) is 11.6. The Bertz CT molecular complexity index is 592. The lowest BCUT2D eigenvalue weighted by Gasteiger charge is -2.18. The number of hydrogen-bond donors (Lipinski definition) is 0. The molecule has 0 atom stereocenters. The van der Waals surface area contributed by atoms with E-state index < -0.39 is 0 Å². The van der Waals surface area contributed by atoms with Crippen molar-refractivity contribution in [2.75, 3.05) is 13.1 Å². The van der Waals surface area contributed by atoms with Gasteiger partial charge in [0.1, 0.15) is 5.82 Å². The van der Waals surface area contributed by atoms with Crippen molar-refractivity contribution in [1.82, 2.24) is 9.88 Å². The molecule has 4 heteroatoms. The molecule has 0 radical (unpaired) electrons. The van der Waals surface area contributed by atoms with Crippen LogP contribution in [0.25, 0.3) is 11.1 Å². The fourth-order valence-electron chi connectivity index (χ4n) is 2.05. The third-order valence-corrected chi connectivity index (χ3v) is 3.21. The van der Waals surface area contributed by atoms with Crippen LogP contribution in [0.2, 0.25) is 0 Å². The minimum absolute atomic E-state index is 0.0357. The summed E-state index contributed by atoms with van der Waals surface area (Å²) in [4.78, 5) is 18.1. The average Bonchev–Trinajstić information content (AvgIpc) is 2.49. The molecular formula is C16H17FN2O. The van der Waals surface area contributed by atoms with Crippen molar-refractivity contribution < 1.29 is 9.18 Å². The molecule has 3 nitrogen and oxygen atoms in total. The Labute approximate surface area is 118 Å². The molecule has 0 fully saturated rings. The van der Waals surface area contributed by atoms with Gasteiger partial charge in [0, 0.05) is 31.0 Å². The van der Waals surface area contributed by atoms with Gasteiger partial charge >= 0.3 is 0 Å². The molecule has 0 spiro atoms. The molecule has 2 rings (SSSR count). The Morgan fingerprint density at radius 2 is 1.75 bits per heavy atom. The van der Waals surface area contributed by atoms with Crippen molar-refractivity contribution in [3.63, 3.8) is 0 Å².